The van der Waals surface area contributed by atoms with Crippen LogP contribution in [0.1, 0.15) is 5.56 Å². The molecule has 0 fully saturated rings. The minimum Gasteiger partial charge on any atom is -0.392 e. The molecule has 2 rings (SSSR count). The first-order valence-electron chi connectivity index (χ1n) is 4.96. The van der Waals surface area contributed by atoms with Gasteiger partial charge in [-0.1, -0.05) is 12.1 Å². The molecule has 0 aliphatic carbocycles. The lowest BCUT2D eigenvalue weighted by Gasteiger charge is -2.07. The molecule has 2 aromatic rings. The average Bonchev–Trinajstić information content (AvgIpc) is 2.28. The lowest BCUT2D eigenvalue weighted by molar-refractivity contribution is 0.280. The summed E-state index contributed by atoms with van der Waals surface area (Å²) in [5.41, 5.74) is -0.0219. The monoisotopic (exact) mass is 238 g/mol. The standard InChI is InChI=1S/C13H9F3O/c14-10-3-1-2-9(6-10)13-11(15)4-8(7-17)5-12(13)16/h1-6,17H,7H2. The predicted octanol–water partition coefficient (Wildman–Crippen LogP) is 3.26. The van der Waals surface area contributed by atoms with Gasteiger partial charge in [0.25, 0.3) is 0 Å². The molecule has 0 bridgehead atoms. The van der Waals surface area contributed by atoms with Gasteiger partial charge in [0.15, 0.2) is 0 Å². The second-order valence-electron chi connectivity index (χ2n) is 3.60. The Balaban J connectivity index is 2.60. The number of hydrogen-bond donors (Lipinski definition) is 1. The molecule has 0 radical (unpaired) electrons. The highest BCUT2D eigenvalue weighted by Gasteiger charge is 2.13. The molecular weight excluding hydrogens is 229 g/mol. The second-order valence-corrected chi connectivity index (χ2v) is 3.60. The van der Waals surface area contributed by atoms with Crippen LogP contribution in [-0.2, 0) is 6.61 Å². The van der Waals surface area contributed by atoms with Crippen LogP contribution in [0.15, 0.2) is 36.4 Å². The molecule has 0 saturated heterocycles. The Morgan fingerprint density at radius 3 is 2.12 bits per heavy atom. The van der Waals surface area contributed by atoms with Crippen LogP contribution in [0.3, 0.4) is 0 Å². The van der Waals surface area contributed by atoms with Gasteiger partial charge in [0, 0.05) is 0 Å². The molecule has 17 heavy (non-hydrogen) atoms. The van der Waals surface area contributed by atoms with E-state index in [9.17, 15) is 13.2 Å². The van der Waals surface area contributed by atoms with Crippen LogP contribution in [0, 0.1) is 17.5 Å². The molecule has 0 aromatic heterocycles. The Morgan fingerprint density at radius 2 is 1.59 bits per heavy atom. The lowest BCUT2D eigenvalue weighted by atomic mass is 10.0. The Hall–Kier alpha value is -1.81. The van der Waals surface area contributed by atoms with Gasteiger partial charge in [-0.05, 0) is 35.4 Å². The normalized spacial score (nSPS) is 10.6. The van der Waals surface area contributed by atoms with Crippen molar-refractivity contribution < 1.29 is 18.3 Å². The van der Waals surface area contributed by atoms with Gasteiger partial charge in [0.2, 0.25) is 0 Å². The molecule has 0 amide bonds. The van der Waals surface area contributed by atoms with Gasteiger partial charge in [-0.3, -0.25) is 0 Å². The van der Waals surface area contributed by atoms with Crippen molar-refractivity contribution in [1.82, 2.24) is 0 Å². The van der Waals surface area contributed by atoms with E-state index in [1.165, 1.54) is 18.2 Å². The summed E-state index contributed by atoms with van der Waals surface area (Å²) in [7, 11) is 0. The van der Waals surface area contributed by atoms with Gasteiger partial charge in [0.1, 0.15) is 17.5 Å². The van der Waals surface area contributed by atoms with Crippen molar-refractivity contribution in [2.75, 3.05) is 0 Å². The van der Waals surface area contributed by atoms with E-state index in [0.29, 0.717) is 0 Å². The number of halogens is 3. The van der Waals surface area contributed by atoms with E-state index in [1.807, 2.05) is 0 Å². The largest absolute Gasteiger partial charge is 0.392 e. The van der Waals surface area contributed by atoms with Crippen LogP contribution in [-0.4, -0.2) is 5.11 Å². The zero-order valence-electron chi connectivity index (χ0n) is 8.75. The van der Waals surface area contributed by atoms with Crippen molar-refractivity contribution >= 4 is 0 Å². The van der Waals surface area contributed by atoms with Crippen molar-refractivity contribution in [3.63, 3.8) is 0 Å². The first kappa shape index (κ1) is 11.7. The summed E-state index contributed by atoms with van der Waals surface area (Å²) >= 11 is 0. The first-order valence-corrected chi connectivity index (χ1v) is 4.96. The molecule has 88 valence electrons. The van der Waals surface area contributed by atoms with E-state index >= 15 is 0 Å². The molecule has 0 spiro atoms. The van der Waals surface area contributed by atoms with E-state index in [4.69, 9.17) is 5.11 Å². The molecule has 0 aliphatic heterocycles. The first-order chi connectivity index (χ1) is 8.11. The Bertz CT molecular complexity index is 529. The third-order valence-electron chi connectivity index (χ3n) is 2.40. The number of hydrogen-bond acceptors (Lipinski definition) is 1. The summed E-state index contributed by atoms with van der Waals surface area (Å²) in [4.78, 5) is 0. The van der Waals surface area contributed by atoms with Gasteiger partial charge in [-0.2, -0.15) is 0 Å². The summed E-state index contributed by atoms with van der Waals surface area (Å²) in [6.07, 6.45) is 0. The van der Waals surface area contributed by atoms with Crippen molar-refractivity contribution in [2.24, 2.45) is 0 Å². The predicted molar refractivity (Wildman–Crippen MR) is 57.7 cm³/mol. The van der Waals surface area contributed by atoms with Crippen LogP contribution in [0.25, 0.3) is 11.1 Å². The quantitative estimate of drug-likeness (QED) is 0.851. The molecule has 2 aromatic carbocycles. The zero-order chi connectivity index (χ0) is 12.4. The molecule has 0 heterocycles. The number of aliphatic hydroxyl groups is 1. The maximum atomic E-state index is 13.6. The topological polar surface area (TPSA) is 20.2 Å². The van der Waals surface area contributed by atoms with E-state index in [1.54, 1.807) is 0 Å². The zero-order valence-corrected chi connectivity index (χ0v) is 8.75. The number of rotatable bonds is 2. The number of benzene rings is 2. The van der Waals surface area contributed by atoms with Crippen LogP contribution < -0.4 is 0 Å². The highest BCUT2D eigenvalue weighted by molar-refractivity contribution is 5.65. The van der Waals surface area contributed by atoms with E-state index in [2.05, 4.69) is 0 Å². The molecule has 0 unspecified atom stereocenters. The molecule has 0 atom stereocenters. The molecule has 4 heteroatoms. The third kappa shape index (κ3) is 2.31. The summed E-state index contributed by atoms with van der Waals surface area (Å²) in [6, 6.07) is 7.11. The minimum absolute atomic E-state index is 0.129. The summed E-state index contributed by atoms with van der Waals surface area (Å²) in [5, 5.41) is 8.80. The molecule has 1 nitrogen and oxygen atoms in total. The summed E-state index contributed by atoms with van der Waals surface area (Å²) in [6.45, 7) is -0.447. The van der Waals surface area contributed by atoms with Gasteiger partial charge in [-0.25, -0.2) is 13.2 Å². The van der Waals surface area contributed by atoms with Gasteiger partial charge in [0.05, 0.1) is 12.2 Å². The fraction of sp³-hybridized carbons (Fsp3) is 0.0769. The molecule has 0 saturated carbocycles. The summed E-state index contributed by atoms with van der Waals surface area (Å²) < 4.78 is 40.3. The molecule has 0 aliphatic rings. The van der Waals surface area contributed by atoms with Crippen molar-refractivity contribution in [1.29, 1.82) is 0 Å². The van der Waals surface area contributed by atoms with Crippen molar-refractivity contribution in [3.8, 4) is 11.1 Å². The van der Waals surface area contributed by atoms with E-state index in [-0.39, 0.29) is 16.7 Å². The van der Waals surface area contributed by atoms with Crippen LogP contribution in [0.5, 0.6) is 0 Å². The van der Waals surface area contributed by atoms with Crippen LogP contribution in [0.4, 0.5) is 13.2 Å². The lowest BCUT2D eigenvalue weighted by Crippen LogP contribution is -1.94. The molecule has 1 N–H and O–H groups in total. The van der Waals surface area contributed by atoms with Crippen molar-refractivity contribution in [2.45, 2.75) is 6.61 Å². The fourth-order valence-corrected chi connectivity index (χ4v) is 1.64. The fourth-order valence-electron chi connectivity index (χ4n) is 1.64. The second kappa shape index (κ2) is 4.59. The highest BCUT2D eigenvalue weighted by Crippen LogP contribution is 2.27. The third-order valence-corrected chi connectivity index (χ3v) is 2.40. The number of aliphatic hydroxyl groups excluding tert-OH is 1. The van der Waals surface area contributed by atoms with Gasteiger partial charge in [-0.15, -0.1) is 0 Å². The van der Waals surface area contributed by atoms with E-state index in [0.717, 1.165) is 18.2 Å². The SMILES string of the molecule is OCc1cc(F)c(-c2cccc(F)c2)c(F)c1. The summed E-state index contributed by atoms with van der Waals surface area (Å²) in [5.74, 6) is -2.20. The maximum Gasteiger partial charge on any atom is 0.134 e. The van der Waals surface area contributed by atoms with Crippen molar-refractivity contribution in [3.05, 3.63) is 59.4 Å². The average molecular weight is 238 g/mol. The van der Waals surface area contributed by atoms with Crippen LogP contribution in [0.2, 0.25) is 0 Å². The highest BCUT2D eigenvalue weighted by atomic mass is 19.1. The minimum atomic E-state index is -0.820. The van der Waals surface area contributed by atoms with E-state index < -0.39 is 24.1 Å². The van der Waals surface area contributed by atoms with Gasteiger partial charge < -0.3 is 5.11 Å². The Kier molecular flexibility index (Phi) is 3.15. The van der Waals surface area contributed by atoms with Gasteiger partial charge >= 0.3 is 0 Å². The molecular formula is C13H9F3O. The van der Waals surface area contributed by atoms with Crippen LogP contribution >= 0.6 is 0 Å². The maximum absolute atomic E-state index is 13.6. The Morgan fingerprint density at radius 1 is 0.941 bits per heavy atom. The Labute approximate surface area is 96.1 Å². The smallest absolute Gasteiger partial charge is 0.134 e.